The summed E-state index contributed by atoms with van der Waals surface area (Å²) >= 11 is 0. The lowest BCUT2D eigenvalue weighted by molar-refractivity contribution is 0.0809. The average Bonchev–Trinajstić information content (AvgIpc) is 3.74. The standard InChI is InChI=1S/C20H29N5O4S.C13H17NO.C7H12N4O3S/c1-12(2)14-9-8-10-15(13(3)4)18(14)21-20(27)23-30(28,29)17-11-16(25(7)22-17)19(26)24(5)6;1-9(2)11-6-5-7-12(10(3)4)13(11)15-8-14;1-10(2)7(12)5-4-6(9-11(5)3)15(8,13)14/h8-13H,1-7H3,(H2,21,23,27);5-7,9-10H,1-4H3;4H,1-3H3,(H2,8,13,14). The van der Waals surface area contributed by atoms with Crippen LogP contribution in [0.3, 0.4) is 0 Å². The van der Waals surface area contributed by atoms with E-state index in [0.29, 0.717) is 17.5 Å². The van der Waals surface area contributed by atoms with E-state index in [-0.39, 0.29) is 34.2 Å². The number of urea groups is 1. The minimum Gasteiger partial charge on any atom is -0.387 e. The minimum atomic E-state index is -4.27. The van der Waals surface area contributed by atoms with E-state index >= 15 is 0 Å². The summed E-state index contributed by atoms with van der Waals surface area (Å²) in [6.07, 6.45) is 1.77. The minimum absolute atomic E-state index is 0.0908. The van der Waals surface area contributed by atoms with Crippen LogP contribution in [-0.2, 0) is 34.1 Å². The molecule has 4 amide bonds. The Morgan fingerprint density at radius 3 is 1.40 bits per heavy atom. The second-order valence-corrected chi connectivity index (χ2v) is 18.5. The van der Waals surface area contributed by atoms with Crippen molar-refractivity contribution in [1.29, 1.82) is 5.26 Å². The van der Waals surface area contributed by atoms with Gasteiger partial charge in [-0.25, -0.2) is 23.1 Å². The molecule has 0 unspecified atom stereocenters. The zero-order chi connectivity index (χ0) is 46.0. The van der Waals surface area contributed by atoms with Crippen molar-refractivity contribution >= 4 is 43.6 Å². The fourth-order valence-corrected chi connectivity index (χ4v) is 7.07. The van der Waals surface area contributed by atoms with Crippen LogP contribution in [0.2, 0.25) is 0 Å². The molecule has 20 heteroatoms. The summed E-state index contributed by atoms with van der Waals surface area (Å²) in [5, 5.41) is 23.0. The SMILES string of the molecule is CC(C)c1cccc(C(C)C)c1NC(=O)NS(=O)(=O)c1cc(C(=O)N(C)C)n(C)n1.CC(C)c1cccc(C(C)C)c1OC#N.CN(C)C(=O)c1cc(S(N)(=O)=O)nn1C. The third kappa shape index (κ3) is 13.1. The van der Waals surface area contributed by atoms with Gasteiger partial charge in [-0.1, -0.05) is 91.8 Å². The molecule has 2 aromatic heterocycles. The first-order chi connectivity index (χ1) is 27.7. The van der Waals surface area contributed by atoms with Crippen LogP contribution in [0.25, 0.3) is 0 Å². The van der Waals surface area contributed by atoms with Crippen molar-refractivity contribution in [3.63, 3.8) is 0 Å². The summed E-state index contributed by atoms with van der Waals surface area (Å²) in [7, 11) is 1.02. The lowest BCUT2D eigenvalue weighted by Crippen LogP contribution is -2.35. The van der Waals surface area contributed by atoms with Gasteiger partial charge < -0.3 is 19.9 Å². The predicted molar refractivity (Wildman–Crippen MR) is 229 cm³/mol. The Labute approximate surface area is 353 Å². The number of primary sulfonamides is 1. The second kappa shape index (κ2) is 21.0. The number of amides is 4. The fraction of sp³-hybridized carbons (Fsp3) is 0.450. The van der Waals surface area contributed by atoms with E-state index in [1.54, 1.807) is 34.4 Å². The van der Waals surface area contributed by atoms with E-state index in [1.807, 2.05) is 68.8 Å². The third-order valence-electron chi connectivity index (χ3n) is 8.84. The molecule has 0 spiro atoms. The molecule has 0 aliphatic rings. The Bertz CT molecular complexity index is 2370. The van der Waals surface area contributed by atoms with Crippen molar-refractivity contribution in [3.8, 4) is 12.0 Å². The number of carbonyl (C=O) groups is 3. The van der Waals surface area contributed by atoms with Crippen LogP contribution in [-0.4, -0.2) is 92.2 Å². The van der Waals surface area contributed by atoms with E-state index in [2.05, 4.69) is 43.2 Å². The maximum absolute atomic E-state index is 12.7. The molecule has 4 N–H and O–H groups in total. The molecule has 18 nitrogen and oxygen atoms in total. The molecule has 0 saturated heterocycles. The number of nitrogens with zero attached hydrogens (tertiary/aromatic N) is 7. The molecule has 0 aliphatic heterocycles. The maximum Gasteiger partial charge on any atom is 0.333 e. The number of rotatable bonds is 11. The van der Waals surface area contributed by atoms with Gasteiger partial charge in [-0.15, -0.1) is 5.26 Å². The number of para-hydroxylation sites is 2. The zero-order valence-corrected chi connectivity index (χ0v) is 38.4. The molecule has 0 bridgehead atoms. The summed E-state index contributed by atoms with van der Waals surface area (Å²) in [5.74, 6) is 1.00. The quantitative estimate of drug-likeness (QED) is 0.160. The van der Waals surface area contributed by atoms with Gasteiger partial charge in [0.2, 0.25) is 0 Å². The first-order valence-corrected chi connectivity index (χ1v) is 21.9. The van der Waals surface area contributed by atoms with Crippen molar-refractivity contribution in [2.75, 3.05) is 33.5 Å². The number of aromatic nitrogens is 4. The number of nitrogens with one attached hydrogen (secondary N) is 2. The van der Waals surface area contributed by atoms with Gasteiger partial charge in [0.15, 0.2) is 10.1 Å². The Hall–Kier alpha value is -5.78. The molecule has 2 aromatic carbocycles. The molecule has 328 valence electrons. The molecule has 0 atom stereocenters. The van der Waals surface area contributed by atoms with Gasteiger partial charge in [0.1, 0.15) is 17.1 Å². The Morgan fingerprint density at radius 1 is 0.700 bits per heavy atom. The second-order valence-electron chi connectivity index (χ2n) is 15.4. The van der Waals surface area contributed by atoms with Crippen LogP contribution < -0.4 is 19.9 Å². The number of sulfonamides is 2. The Kier molecular flexibility index (Phi) is 17.6. The molecule has 60 heavy (non-hydrogen) atoms. The highest BCUT2D eigenvalue weighted by Gasteiger charge is 2.26. The predicted octanol–water partition coefficient (Wildman–Crippen LogP) is 5.44. The largest absolute Gasteiger partial charge is 0.387 e. The van der Waals surface area contributed by atoms with E-state index in [4.69, 9.17) is 15.1 Å². The molecule has 4 aromatic rings. The number of aryl methyl sites for hydroxylation is 2. The van der Waals surface area contributed by atoms with Crippen molar-refractivity contribution < 1.29 is 36.0 Å². The van der Waals surface area contributed by atoms with Crippen molar-refractivity contribution in [3.05, 3.63) is 82.2 Å². The number of nitriles is 1. The summed E-state index contributed by atoms with van der Waals surface area (Å²) in [5.41, 5.74) is 4.87. The Morgan fingerprint density at radius 2 is 1.07 bits per heavy atom. The van der Waals surface area contributed by atoms with Crippen LogP contribution in [0, 0.1) is 11.5 Å². The number of anilines is 1. The van der Waals surface area contributed by atoms with Crippen molar-refractivity contribution in [1.82, 2.24) is 34.1 Å². The summed E-state index contributed by atoms with van der Waals surface area (Å²) in [4.78, 5) is 38.9. The van der Waals surface area contributed by atoms with Crippen LogP contribution in [0.4, 0.5) is 10.5 Å². The third-order valence-corrected chi connectivity index (χ3v) is 10.8. The van der Waals surface area contributed by atoms with E-state index in [9.17, 15) is 31.2 Å². The lowest BCUT2D eigenvalue weighted by atomic mass is 9.93. The first kappa shape index (κ1) is 50.4. The molecule has 0 radical (unpaired) electrons. The van der Waals surface area contributed by atoms with E-state index in [0.717, 1.165) is 40.1 Å². The van der Waals surface area contributed by atoms with Crippen LogP contribution in [0.5, 0.6) is 5.75 Å². The molecule has 2 heterocycles. The topological polar surface area (TPSA) is 245 Å². The van der Waals surface area contributed by atoms with Crippen molar-refractivity contribution in [2.45, 2.75) is 89.1 Å². The number of ether oxygens (including phenoxy) is 1. The van der Waals surface area contributed by atoms with Gasteiger partial charge in [-0.05, 0) is 45.9 Å². The molecule has 4 rings (SSSR count). The average molecular weight is 871 g/mol. The smallest absolute Gasteiger partial charge is 0.333 e. The van der Waals surface area contributed by atoms with Crippen molar-refractivity contribution in [2.24, 2.45) is 19.2 Å². The first-order valence-electron chi connectivity index (χ1n) is 18.9. The van der Waals surface area contributed by atoms with Gasteiger partial charge in [0.05, 0.1) is 0 Å². The maximum atomic E-state index is 12.7. The van der Waals surface area contributed by atoms with E-state index < -0.39 is 37.0 Å². The van der Waals surface area contributed by atoms with Crippen LogP contribution >= 0.6 is 0 Å². The van der Waals surface area contributed by atoms with Gasteiger partial charge in [-0.3, -0.25) is 19.0 Å². The summed E-state index contributed by atoms with van der Waals surface area (Å²) < 4.78 is 56.7. The van der Waals surface area contributed by atoms with Crippen LogP contribution in [0.1, 0.15) is 122 Å². The number of hydrogen-bond donors (Lipinski definition) is 3. The normalized spacial score (nSPS) is 11.3. The van der Waals surface area contributed by atoms with Gasteiger partial charge in [0.25, 0.3) is 38.1 Å². The number of hydrogen-bond acceptors (Lipinski definition) is 11. The highest BCUT2D eigenvalue weighted by molar-refractivity contribution is 7.90. The molecule has 0 aliphatic carbocycles. The molecule has 0 fully saturated rings. The van der Waals surface area contributed by atoms with Gasteiger partial charge in [-0.2, -0.15) is 18.6 Å². The fourth-order valence-electron chi connectivity index (χ4n) is 5.67. The number of nitrogens with two attached hydrogens (primary N) is 1. The Balaban J connectivity index is 0.000000346. The number of carbonyl (C=O) groups excluding carboxylic acids is 3. The summed E-state index contributed by atoms with van der Waals surface area (Å²) in [6, 6.07) is 13.2. The summed E-state index contributed by atoms with van der Waals surface area (Å²) in [6.45, 7) is 16.4. The van der Waals surface area contributed by atoms with Crippen LogP contribution in [0.15, 0.2) is 58.6 Å². The lowest BCUT2D eigenvalue weighted by Gasteiger charge is -2.20. The highest BCUT2D eigenvalue weighted by Crippen LogP contribution is 2.34. The van der Waals surface area contributed by atoms with Gasteiger partial charge in [0, 0.05) is 60.1 Å². The number of benzene rings is 2. The highest BCUT2D eigenvalue weighted by atomic mass is 32.2. The monoisotopic (exact) mass is 870 g/mol. The molecular weight excluding hydrogens is 813 g/mol. The van der Waals surface area contributed by atoms with E-state index in [1.165, 1.54) is 33.3 Å². The molecule has 0 saturated carbocycles. The molecular formula is C40H58N10O8S2. The van der Waals surface area contributed by atoms with Gasteiger partial charge >= 0.3 is 6.03 Å². The zero-order valence-electron chi connectivity index (χ0n) is 36.7.